The summed E-state index contributed by atoms with van der Waals surface area (Å²) in [6.45, 7) is 2.56. The molecule has 2 aromatic carbocycles. The summed E-state index contributed by atoms with van der Waals surface area (Å²) in [6, 6.07) is 19.6. The van der Waals surface area contributed by atoms with E-state index in [-0.39, 0.29) is 12.1 Å². The van der Waals surface area contributed by atoms with Crippen LogP contribution in [-0.4, -0.2) is 51.2 Å². The zero-order chi connectivity index (χ0) is 25.7. The van der Waals surface area contributed by atoms with Crippen LogP contribution in [0, 0.1) is 0 Å². The number of hydrogen-bond donors (Lipinski definition) is 1. The van der Waals surface area contributed by atoms with Gasteiger partial charge in [0, 0.05) is 30.4 Å². The highest BCUT2D eigenvalue weighted by atomic mass is 32.2. The second kappa shape index (κ2) is 11.0. The Bertz CT molecular complexity index is 1480. The Morgan fingerprint density at radius 2 is 1.72 bits per heavy atom. The number of unbranched alkanes of at least 4 members (excludes halogenated alkanes) is 1. The lowest BCUT2D eigenvalue weighted by Crippen LogP contribution is -2.32. The first-order valence-corrected chi connectivity index (χ1v) is 13.7. The lowest BCUT2D eigenvalue weighted by atomic mass is 9.98. The van der Waals surface area contributed by atoms with Crippen LogP contribution in [0.1, 0.15) is 36.6 Å². The molecule has 0 radical (unpaired) electrons. The molecule has 0 fully saturated rings. The molecule has 0 atom stereocenters. The Balaban J connectivity index is 1.65. The Labute approximate surface area is 210 Å². The van der Waals surface area contributed by atoms with E-state index in [0.717, 1.165) is 53.5 Å². The number of aryl methyl sites for hydroxylation is 1. The summed E-state index contributed by atoms with van der Waals surface area (Å²) in [6.07, 6.45) is 3.90. The predicted octanol–water partition coefficient (Wildman–Crippen LogP) is 3.48. The number of nitrogens with zero attached hydrogens (tertiary/aromatic N) is 5. The third kappa shape index (κ3) is 5.77. The molecule has 2 heterocycles. The molecule has 2 aromatic heterocycles. The highest BCUT2D eigenvalue weighted by Crippen LogP contribution is 2.29. The minimum absolute atomic E-state index is 0.0392. The average molecular weight is 507 g/mol. The molecule has 0 unspecified atom stereocenters. The summed E-state index contributed by atoms with van der Waals surface area (Å²) in [5.41, 5.74) is 5.07. The first-order chi connectivity index (χ1) is 17.3. The molecule has 0 bridgehead atoms. The molecule has 1 N–H and O–H groups in total. The van der Waals surface area contributed by atoms with Crippen LogP contribution < -0.4 is 5.56 Å². The molecular weight excluding hydrogens is 476 g/mol. The number of benzene rings is 2. The van der Waals surface area contributed by atoms with E-state index < -0.39 is 10.0 Å². The van der Waals surface area contributed by atoms with Gasteiger partial charge in [0.2, 0.25) is 15.8 Å². The number of tetrazole rings is 1. The van der Waals surface area contributed by atoms with Crippen LogP contribution in [0.4, 0.5) is 0 Å². The van der Waals surface area contributed by atoms with Gasteiger partial charge in [-0.05, 0) is 40.8 Å². The minimum atomic E-state index is -3.39. The van der Waals surface area contributed by atoms with Crippen molar-refractivity contribution in [3.63, 3.8) is 0 Å². The molecular formula is C26H30N6O3S. The third-order valence-electron chi connectivity index (χ3n) is 6.21. The Morgan fingerprint density at radius 3 is 2.36 bits per heavy atom. The van der Waals surface area contributed by atoms with Crippen LogP contribution in [0.5, 0.6) is 0 Å². The van der Waals surface area contributed by atoms with Gasteiger partial charge < -0.3 is 4.57 Å². The van der Waals surface area contributed by atoms with Gasteiger partial charge in [-0.25, -0.2) is 12.7 Å². The molecule has 4 aromatic rings. The molecule has 0 aliphatic rings. The van der Waals surface area contributed by atoms with Crippen molar-refractivity contribution in [3.8, 4) is 22.5 Å². The maximum Gasteiger partial charge on any atom is 0.255 e. The van der Waals surface area contributed by atoms with Gasteiger partial charge in [0.25, 0.3) is 5.56 Å². The highest BCUT2D eigenvalue weighted by Gasteiger charge is 2.16. The second-order valence-electron chi connectivity index (χ2n) is 8.84. The number of aromatic nitrogens is 5. The summed E-state index contributed by atoms with van der Waals surface area (Å²) in [4.78, 5) is 13.4. The Kier molecular flexibility index (Phi) is 7.76. The van der Waals surface area contributed by atoms with E-state index in [4.69, 9.17) is 0 Å². The van der Waals surface area contributed by atoms with Crippen molar-refractivity contribution in [2.45, 2.75) is 39.3 Å². The maximum atomic E-state index is 13.4. The quantitative estimate of drug-likeness (QED) is 0.352. The molecule has 0 aliphatic heterocycles. The average Bonchev–Trinajstić information content (AvgIpc) is 3.41. The highest BCUT2D eigenvalue weighted by molar-refractivity contribution is 7.88. The molecule has 0 saturated carbocycles. The molecule has 0 spiro atoms. The van der Waals surface area contributed by atoms with E-state index in [0.29, 0.717) is 17.9 Å². The van der Waals surface area contributed by atoms with Gasteiger partial charge in [0.05, 0.1) is 12.8 Å². The van der Waals surface area contributed by atoms with Crippen LogP contribution in [0.15, 0.2) is 65.5 Å². The number of nitrogens with one attached hydrogen (secondary N) is 1. The van der Waals surface area contributed by atoms with Crippen molar-refractivity contribution < 1.29 is 8.42 Å². The largest absolute Gasteiger partial charge is 0.308 e. The predicted molar refractivity (Wildman–Crippen MR) is 140 cm³/mol. The molecule has 10 heteroatoms. The van der Waals surface area contributed by atoms with Gasteiger partial charge in [0.1, 0.15) is 0 Å². The summed E-state index contributed by atoms with van der Waals surface area (Å²) in [5.74, 6) is 0.526. The van der Waals surface area contributed by atoms with Gasteiger partial charge in [0.15, 0.2) is 0 Å². The van der Waals surface area contributed by atoms with Crippen LogP contribution in [0.2, 0.25) is 0 Å². The summed E-state index contributed by atoms with van der Waals surface area (Å²) >= 11 is 0. The first kappa shape index (κ1) is 25.5. The standard InChI is InChI=1S/C26H30N6O3S/c1-4-5-8-22-16-15-21(18-31(2)36(3,34)35)26(33)32(22)17-19-11-13-20(14-12-19)23-9-6-7-10-24(23)25-27-29-30-28-25/h6-7,9-16H,4-5,8,17-18H2,1-3H3,(H,27,28,29,30). The molecule has 4 rings (SSSR count). The molecule has 188 valence electrons. The Morgan fingerprint density at radius 1 is 1.00 bits per heavy atom. The first-order valence-electron chi connectivity index (χ1n) is 11.8. The smallest absolute Gasteiger partial charge is 0.255 e. The van der Waals surface area contributed by atoms with Crippen molar-refractivity contribution >= 4 is 10.0 Å². The molecule has 0 aliphatic carbocycles. The lowest BCUT2D eigenvalue weighted by Gasteiger charge is -2.18. The summed E-state index contributed by atoms with van der Waals surface area (Å²) in [7, 11) is -1.91. The molecule has 0 saturated heterocycles. The van der Waals surface area contributed by atoms with Gasteiger partial charge in [-0.1, -0.05) is 67.9 Å². The molecule has 0 amide bonds. The van der Waals surface area contributed by atoms with Crippen LogP contribution >= 0.6 is 0 Å². The molecule has 36 heavy (non-hydrogen) atoms. The van der Waals surface area contributed by atoms with E-state index in [1.165, 1.54) is 11.4 Å². The second-order valence-corrected chi connectivity index (χ2v) is 10.9. The number of pyridine rings is 1. The van der Waals surface area contributed by atoms with Crippen LogP contribution in [-0.2, 0) is 29.5 Å². The van der Waals surface area contributed by atoms with Gasteiger partial charge in [-0.2, -0.15) is 5.21 Å². The SMILES string of the molecule is CCCCc1ccc(CN(C)S(C)(=O)=O)c(=O)n1Cc1ccc(-c2ccccc2-c2nn[nH]n2)cc1. The fourth-order valence-electron chi connectivity index (χ4n) is 4.07. The summed E-state index contributed by atoms with van der Waals surface area (Å²) in [5, 5.41) is 14.4. The van der Waals surface area contributed by atoms with Crippen LogP contribution in [0.3, 0.4) is 0 Å². The zero-order valence-electron chi connectivity index (χ0n) is 20.7. The van der Waals surface area contributed by atoms with Crippen molar-refractivity contribution in [1.29, 1.82) is 0 Å². The molecule has 9 nitrogen and oxygen atoms in total. The summed E-state index contributed by atoms with van der Waals surface area (Å²) < 4.78 is 26.7. The number of aromatic amines is 1. The number of H-pyrrole nitrogens is 1. The van der Waals surface area contributed by atoms with E-state index in [1.807, 2.05) is 54.6 Å². The van der Waals surface area contributed by atoms with Crippen molar-refractivity contribution in [2.24, 2.45) is 0 Å². The third-order valence-corrected chi connectivity index (χ3v) is 7.47. The number of rotatable bonds is 10. The van der Waals surface area contributed by atoms with E-state index in [9.17, 15) is 13.2 Å². The monoisotopic (exact) mass is 506 g/mol. The van der Waals surface area contributed by atoms with Crippen molar-refractivity contribution in [1.82, 2.24) is 29.5 Å². The topological polar surface area (TPSA) is 114 Å². The van der Waals surface area contributed by atoms with Crippen LogP contribution in [0.25, 0.3) is 22.5 Å². The van der Waals surface area contributed by atoms with E-state index >= 15 is 0 Å². The normalized spacial score (nSPS) is 11.8. The zero-order valence-corrected chi connectivity index (χ0v) is 21.5. The van der Waals surface area contributed by atoms with Gasteiger partial charge >= 0.3 is 0 Å². The lowest BCUT2D eigenvalue weighted by molar-refractivity contribution is 0.468. The van der Waals surface area contributed by atoms with Gasteiger partial charge in [-0.15, -0.1) is 10.2 Å². The van der Waals surface area contributed by atoms with E-state index in [1.54, 1.807) is 10.6 Å². The fourth-order valence-corrected chi connectivity index (χ4v) is 4.44. The number of hydrogen-bond acceptors (Lipinski definition) is 6. The Hall–Kier alpha value is -3.63. The maximum absolute atomic E-state index is 13.4. The van der Waals surface area contributed by atoms with Crippen molar-refractivity contribution in [2.75, 3.05) is 13.3 Å². The number of sulfonamides is 1. The van der Waals surface area contributed by atoms with Gasteiger partial charge in [-0.3, -0.25) is 4.79 Å². The fraction of sp³-hybridized carbons (Fsp3) is 0.308. The van der Waals surface area contributed by atoms with Crippen molar-refractivity contribution in [3.05, 3.63) is 87.8 Å². The minimum Gasteiger partial charge on any atom is -0.308 e. The van der Waals surface area contributed by atoms with E-state index in [2.05, 4.69) is 27.5 Å².